The molecule has 1 saturated heterocycles. The summed E-state index contributed by atoms with van der Waals surface area (Å²) >= 11 is 0. The van der Waals surface area contributed by atoms with Crippen molar-refractivity contribution in [2.45, 2.75) is 38.9 Å². The maximum absolute atomic E-state index is 5.59. The summed E-state index contributed by atoms with van der Waals surface area (Å²) in [6.45, 7) is 7.31. The van der Waals surface area contributed by atoms with Gasteiger partial charge in [0.25, 0.3) is 0 Å². The third-order valence-corrected chi connectivity index (χ3v) is 4.02. The Morgan fingerprint density at radius 1 is 1.38 bits per heavy atom. The fraction of sp³-hybridized carbons (Fsp3) is 0.471. The molecule has 21 heavy (non-hydrogen) atoms. The van der Waals surface area contributed by atoms with E-state index < -0.39 is 0 Å². The van der Waals surface area contributed by atoms with Gasteiger partial charge in [0.1, 0.15) is 5.76 Å². The second-order valence-corrected chi connectivity index (χ2v) is 5.90. The average molecular weight is 285 g/mol. The van der Waals surface area contributed by atoms with Crippen LogP contribution in [-0.4, -0.2) is 29.0 Å². The van der Waals surface area contributed by atoms with Gasteiger partial charge in [0.15, 0.2) is 0 Å². The van der Waals surface area contributed by atoms with Crippen LogP contribution in [0.3, 0.4) is 0 Å². The average Bonchev–Trinajstić information content (AvgIpc) is 3.09. The molecule has 1 aromatic heterocycles. The van der Waals surface area contributed by atoms with E-state index in [1.807, 2.05) is 6.92 Å². The van der Waals surface area contributed by atoms with E-state index in [0.29, 0.717) is 6.04 Å². The van der Waals surface area contributed by atoms with E-state index in [9.17, 15) is 0 Å². The van der Waals surface area contributed by atoms with Crippen LogP contribution < -0.4 is 5.32 Å². The molecule has 1 aromatic carbocycles. The number of nitrogens with one attached hydrogen (secondary N) is 1. The van der Waals surface area contributed by atoms with Crippen molar-refractivity contribution in [2.75, 3.05) is 13.1 Å². The third kappa shape index (κ3) is 3.71. The fourth-order valence-corrected chi connectivity index (χ4v) is 2.95. The first kappa shape index (κ1) is 14.3. The van der Waals surface area contributed by atoms with Crippen molar-refractivity contribution >= 4 is 0 Å². The number of benzene rings is 1. The maximum Gasteiger partial charge on any atom is 0.211 e. The predicted molar refractivity (Wildman–Crippen MR) is 82.9 cm³/mol. The second kappa shape index (κ2) is 6.41. The van der Waals surface area contributed by atoms with Gasteiger partial charge >= 0.3 is 0 Å². The van der Waals surface area contributed by atoms with E-state index in [1.54, 1.807) is 6.20 Å². The van der Waals surface area contributed by atoms with Crippen molar-refractivity contribution in [3.05, 3.63) is 53.7 Å². The van der Waals surface area contributed by atoms with Gasteiger partial charge in [-0.25, -0.2) is 4.98 Å². The summed E-state index contributed by atoms with van der Waals surface area (Å²) < 4.78 is 5.59. The number of nitrogens with zero attached hydrogens (tertiary/aromatic N) is 2. The molecule has 1 aliphatic heterocycles. The molecule has 2 atom stereocenters. The van der Waals surface area contributed by atoms with Crippen molar-refractivity contribution in [1.82, 2.24) is 15.2 Å². The molecule has 0 aliphatic carbocycles. The zero-order valence-corrected chi connectivity index (χ0v) is 12.7. The minimum absolute atomic E-state index is 0.167. The molecule has 1 N–H and O–H groups in total. The molecule has 2 unspecified atom stereocenters. The molecule has 112 valence electrons. The summed E-state index contributed by atoms with van der Waals surface area (Å²) in [6.07, 6.45) is 2.96. The van der Waals surface area contributed by atoms with Crippen LogP contribution in [0.2, 0.25) is 0 Å². The number of likely N-dealkylation sites (tertiary alicyclic amines) is 1. The lowest BCUT2D eigenvalue weighted by atomic mass is 10.2. The van der Waals surface area contributed by atoms with E-state index in [2.05, 4.69) is 52.5 Å². The van der Waals surface area contributed by atoms with Gasteiger partial charge < -0.3 is 9.73 Å². The van der Waals surface area contributed by atoms with Crippen LogP contribution >= 0.6 is 0 Å². The summed E-state index contributed by atoms with van der Waals surface area (Å²) in [5.74, 6) is 1.66. The summed E-state index contributed by atoms with van der Waals surface area (Å²) in [6, 6.07) is 11.3. The van der Waals surface area contributed by atoms with Gasteiger partial charge in [-0.05, 0) is 25.8 Å². The molecular weight excluding hydrogens is 262 g/mol. The Kier molecular flexibility index (Phi) is 4.36. The lowest BCUT2D eigenvalue weighted by Gasteiger charge is -2.19. The lowest BCUT2D eigenvalue weighted by molar-refractivity contribution is 0.309. The molecular formula is C17H23N3O. The van der Waals surface area contributed by atoms with Crippen LogP contribution in [0.1, 0.15) is 36.6 Å². The molecule has 0 spiro atoms. The van der Waals surface area contributed by atoms with Crippen LogP contribution in [0.25, 0.3) is 0 Å². The molecule has 4 nitrogen and oxygen atoms in total. The maximum atomic E-state index is 5.59. The van der Waals surface area contributed by atoms with Crippen LogP contribution in [0, 0.1) is 6.92 Å². The Balaban J connectivity index is 1.50. The molecule has 1 aliphatic rings. The predicted octanol–water partition coefficient (Wildman–Crippen LogP) is 2.91. The SMILES string of the molecule is Cc1cnc(C(C)NC2CCN(Cc3ccccc3)C2)o1. The highest BCUT2D eigenvalue weighted by atomic mass is 16.4. The van der Waals surface area contributed by atoms with Gasteiger partial charge in [0.05, 0.1) is 12.2 Å². The van der Waals surface area contributed by atoms with Gasteiger partial charge in [0, 0.05) is 25.7 Å². The summed E-state index contributed by atoms with van der Waals surface area (Å²) in [7, 11) is 0. The van der Waals surface area contributed by atoms with E-state index in [1.165, 1.54) is 12.0 Å². The highest BCUT2D eigenvalue weighted by Crippen LogP contribution is 2.18. The largest absolute Gasteiger partial charge is 0.444 e. The lowest BCUT2D eigenvalue weighted by Crippen LogP contribution is -2.34. The molecule has 0 amide bonds. The summed E-state index contributed by atoms with van der Waals surface area (Å²) in [4.78, 5) is 6.80. The number of oxazole rings is 1. The Morgan fingerprint density at radius 2 is 2.19 bits per heavy atom. The van der Waals surface area contributed by atoms with Gasteiger partial charge in [-0.2, -0.15) is 0 Å². The smallest absolute Gasteiger partial charge is 0.211 e. The van der Waals surface area contributed by atoms with E-state index in [4.69, 9.17) is 4.42 Å². The molecule has 2 aromatic rings. The van der Waals surface area contributed by atoms with Gasteiger partial charge in [-0.1, -0.05) is 30.3 Å². The second-order valence-electron chi connectivity index (χ2n) is 5.90. The first-order valence-electron chi connectivity index (χ1n) is 7.65. The van der Waals surface area contributed by atoms with E-state index in [0.717, 1.165) is 31.3 Å². The minimum Gasteiger partial charge on any atom is -0.444 e. The van der Waals surface area contributed by atoms with Crippen LogP contribution in [0.4, 0.5) is 0 Å². The molecule has 3 rings (SSSR count). The molecule has 2 heterocycles. The molecule has 0 saturated carbocycles. The topological polar surface area (TPSA) is 41.3 Å². The van der Waals surface area contributed by atoms with Crippen LogP contribution in [0.5, 0.6) is 0 Å². The minimum atomic E-state index is 0.167. The number of rotatable bonds is 5. The van der Waals surface area contributed by atoms with Crippen molar-refractivity contribution in [3.63, 3.8) is 0 Å². The van der Waals surface area contributed by atoms with E-state index >= 15 is 0 Å². The Labute approximate surface area is 126 Å². The highest BCUT2D eigenvalue weighted by Gasteiger charge is 2.25. The van der Waals surface area contributed by atoms with Gasteiger partial charge in [0.2, 0.25) is 5.89 Å². The third-order valence-electron chi connectivity index (χ3n) is 4.02. The van der Waals surface area contributed by atoms with E-state index in [-0.39, 0.29) is 6.04 Å². The van der Waals surface area contributed by atoms with Gasteiger partial charge in [-0.15, -0.1) is 0 Å². The molecule has 1 fully saturated rings. The zero-order chi connectivity index (χ0) is 14.7. The fourth-order valence-electron chi connectivity index (χ4n) is 2.95. The first-order chi connectivity index (χ1) is 10.2. The Bertz CT molecular complexity index is 566. The molecule has 0 bridgehead atoms. The zero-order valence-electron chi connectivity index (χ0n) is 12.7. The first-order valence-corrected chi connectivity index (χ1v) is 7.65. The molecule has 0 radical (unpaired) electrons. The summed E-state index contributed by atoms with van der Waals surface area (Å²) in [5, 5.41) is 3.63. The normalized spacial score (nSPS) is 20.8. The van der Waals surface area contributed by atoms with Crippen molar-refractivity contribution in [3.8, 4) is 0 Å². The van der Waals surface area contributed by atoms with Crippen LogP contribution in [-0.2, 0) is 6.54 Å². The highest BCUT2D eigenvalue weighted by molar-refractivity contribution is 5.14. The quantitative estimate of drug-likeness (QED) is 0.917. The number of hydrogen-bond acceptors (Lipinski definition) is 4. The Morgan fingerprint density at radius 3 is 2.90 bits per heavy atom. The monoisotopic (exact) mass is 285 g/mol. The molecule has 4 heteroatoms. The van der Waals surface area contributed by atoms with Crippen LogP contribution in [0.15, 0.2) is 40.9 Å². The van der Waals surface area contributed by atoms with Gasteiger partial charge in [-0.3, -0.25) is 4.90 Å². The van der Waals surface area contributed by atoms with Crippen molar-refractivity contribution in [2.24, 2.45) is 0 Å². The Hall–Kier alpha value is -1.65. The number of aromatic nitrogens is 1. The number of aryl methyl sites for hydroxylation is 1. The van der Waals surface area contributed by atoms with Crippen molar-refractivity contribution in [1.29, 1.82) is 0 Å². The van der Waals surface area contributed by atoms with Crippen molar-refractivity contribution < 1.29 is 4.42 Å². The summed E-state index contributed by atoms with van der Waals surface area (Å²) in [5.41, 5.74) is 1.38. The standard InChI is InChI=1S/C17H23N3O/c1-13-10-18-17(21-13)14(2)19-16-8-9-20(12-16)11-15-6-4-3-5-7-15/h3-7,10,14,16,19H,8-9,11-12H2,1-2H3. The number of hydrogen-bond donors (Lipinski definition) is 1.